The van der Waals surface area contributed by atoms with Crippen molar-refractivity contribution in [3.05, 3.63) is 23.8 Å². The molecule has 0 aliphatic carbocycles. The summed E-state index contributed by atoms with van der Waals surface area (Å²) in [6.45, 7) is 7.74. The molecule has 21 heavy (non-hydrogen) atoms. The summed E-state index contributed by atoms with van der Waals surface area (Å²) < 4.78 is 0. The number of likely N-dealkylation sites (N-methyl/N-ethyl adjacent to an activating group) is 1. The van der Waals surface area contributed by atoms with Crippen LogP contribution >= 0.6 is 0 Å². The van der Waals surface area contributed by atoms with Crippen molar-refractivity contribution < 1.29 is 4.79 Å². The number of nitrogens with two attached hydrogens (primary N) is 1. The summed E-state index contributed by atoms with van der Waals surface area (Å²) in [4.78, 5) is 14.3. The molecule has 118 valence electrons. The molecule has 1 aromatic carbocycles. The summed E-state index contributed by atoms with van der Waals surface area (Å²) >= 11 is 0. The molecule has 5 heteroatoms. The summed E-state index contributed by atoms with van der Waals surface area (Å²) in [5, 5.41) is 6.31. The number of nitrogen functional groups attached to an aromatic ring is 1. The average Bonchev–Trinajstić information content (AvgIpc) is 2.37. The number of benzene rings is 1. The topological polar surface area (TPSA) is 70.4 Å². The standard InChI is InChI=1S/C16H28N4O/c1-6-18-16(21)13-8-7-12(17)9-14(13)19-15(11(2)3)10-20(4)5/h7-9,11,15,19H,6,10,17H2,1-5H3,(H,18,21). The number of amides is 1. The number of nitrogens with zero attached hydrogens (tertiary/aromatic N) is 1. The molecule has 0 saturated carbocycles. The van der Waals surface area contributed by atoms with Gasteiger partial charge in [-0.2, -0.15) is 0 Å². The Labute approximate surface area is 127 Å². The minimum absolute atomic E-state index is 0.0765. The van der Waals surface area contributed by atoms with Crippen LogP contribution < -0.4 is 16.4 Å². The molecule has 1 rings (SSSR count). The predicted molar refractivity (Wildman–Crippen MR) is 89.7 cm³/mol. The quantitative estimate of drug-likeness (QED) is 0.672. The van der Waals surface area contributed by atoms with E-state index >= 15 is 0 Å². The van der Waals surface area contributed by atoms with Gasteiger partial charge in [0.2, 0.25) is 0 Å². The molecule has 1 amide bonds. The second-order valence-electron chi connectivity index (χ2n) is 5.92. The molecular formula is C16H28N4O. The number of carbonyl (C=O) groups is 1. The number of carbonyl (C=O) groups excluding carboxylic acids is 1. The minimum Gasteiger partial charge on any atom is -0.399 e. The van der Waals surface area contributed by atoms with E-state index in [1.165, 1.54) is 0 Å². The van der Waals surface area contributed by atoms with Crippen molar-refractivity contribution in [1.29, 1.82) is 0 Å². The van der Waals surface area contributed by atoms with E-state index in [2.05, 4.69) is 29.4 Å². The zero-order valence-electron chi connectivity index (χ0n) is 13.7. The fourth-order valence-electron chi connectivity index (χ4n) is 2.15. The highest BCUT2D eigenvalue weighted by Crippen LogP contribution is 2.22. The maximum Gasteiger partial charge on any atom is 0.253 e. The Morgan fingerprint density at radius 2 is 2.00 bits per heavy atom. The van der Waals surface area contributed by atoms with Crippen LogP contribution in [0.25, 0.3) is 0 Å². The lowest BCUT2D eigenvalue weighted by molar-refractivity contribution is 0.0956. The van der Waals surface area contributed by atoms with Gasteiger partial charge >= 0.3 is 0 Å². The Balaban J connectivity index is 3.03. The summed E-state index contributed by atoms with van der Waals surface area (Å²) in [5.41, 5.74) is 7.95. The van der Waals surface area contributed by atoms with Gasteiger partial charge in [-0.1, -0.05) is 13.8 Å². The molecule has 5 nitrogen and oxygen atoms in total. The van der Waals surface area contributed by atoms with Crippen LogP contribution in [0.15, 0.2) is 18.2 Å². The van der Waals surface area contributed by atoms with E-state index in [9.17, 15) is 4.79 Å². The van der Waals surface area contributed by atoms with Crippen molar-refractivity contribution in [3.8, 4) is 0 Å². The van der Waals surface area contributed by atoms with E-state index < -0.39 is 0 Å². The molecule has 1 aromatic rings. The van der Waals surface area contributed by atoms with Crippen molar-refractivity contribution in [2.45, 2.75) is 26.8 Å². The third-order valence-electron chi connectivity index (χ3n) is 3.33. The van der Waals surface area contributed by atoms with Crippen molar-refractivity contribution in [2.75, 3.05) is 38.2 Å². The number of rotatable bonds is 7. The number of nitrogens with one attached hydrogen (secondary N) is 2. The van der Waals surface area contributed by atoms with E-state index in [-0.39, 0.29) is 11.9 Å². The third-order valence-corrected chi connectivity index (χ3v) is 3.33. The molecule has 4 N–H and O–H groups in total. The SMILES string of the molecule is CCNC(=O)c1ccc(N)cc1NC(CN(C)C)C(C)C. The summed E-state index contributed by atoms with van der Waals surface area (Å²) in [7, 11) is 4.09. The van der Waals surface area contributed by atoms with Crippen LogP contribution in [0, 0.1) is 5.92 Å². The zero-order chi connectivity index (χ0) is 16.0. The van der Waals surface area contributed by atoms with Gasteiger partial charge in [-0.25, -0.2) is 0 Å². The lowest BCUT2D eigenvalue weighted by Crippen LogP contribution is -2.37. The van der Waals surface area contributed by atoms with Crippen LogP contribution in [0.2, 0.25) is 0 Å². The van der Waals surface area contributed by atoms with Gasteiger partial charge in [0, 0.05) is 30.5 Å². The largest absolute Gasteiger partial charge is 0.399 e. The van der Waals surface area contributed by atoms with Crippen LogP contribution in [0.3, 0.4) is 0 Å². The van der Waals surface area contributed by atoms with Crippen LogP contribution in [0.4, 0.5) is 11.4 Å². The lowest BCUT2D eigenvalue weighted by Gasteiger charge is -2.27. The van der Waals surface area contributed by atoms with E-state index in [0.29, 0.717) is 23.7 Å². The van der Waals surface area contributed by atoms with E-state index in [1.54, 1.807) is 12.1 Å². The Kier molecular flexibility index (Phi) is 6.49. The van der Waals surface area contributed by atoms with Crippen LogP contribution in [0.1, 0.15) is 31.1 Å². The molecule has 0 saturated heterocycles. The Morgan fingerprint density at radius 1 is 1.33 bits per heavy atom. The number of hydrogen-bond donors (Lipinski definition) is 3. The molecule has 1 unspecified atom stereocenters. The fourth-order valence-corrected chi connectivity index (χ4v) is 2.15. The van der Waals surface area contributed by atoms with Crippen LogP contribution in [0.5, 0.6) is 0 Å². The van der Waals surface area contributed by atoms with Gasteiger partial charge in [0.25, 0.3) is 5.91 Å². The van der Waals surface area contributed by atoms with Gasteiger partial charge < -0.3 is 21.3 Å². The first kappa shape index (κ1) is 17.3. The molecule has 0 heterocycles. The lowest BCUT2D eigenvalue weighted by atomic mass is 10.0. The molecular weight excluding hydrogens is 264 g/mol. The summed E-state index contributed by atoms with van der Waals surface area (Å²) in [5.74, 6) is 0.364. The van der Waals surface area contributed by atoms with Crippen molar-refractivity contribution in [1.82, 2.24) is 10.2 Å². The molecule has 0 radical (unpaired) electrons. The van der Waals surface area contributed by atoms with Gasteiger partial charge in [0.05, 0.1) is 5.56 Å². The van der Waals surface area contributed by atoms with E-state index in [0.717, 1.165) is 12.2 Å². The fraction of sp³-hybridized carbons (Fsp3) is 0.562. The molecule has 1 atom stereocenters. The highest BCUT2D eigenvalue weighted by atomic mass is 16.1. The molecule has 0 spiro atoms. The van der Waals surface area contributed by atoms with Gasteiger partial charge in [-0.15, -0.1) is 0 Å². The molecule has 0 fully saturated rings. The first-order chi connectivity index (χ1) is 9.85. The Morgan fingerprint density at radius 3 is 2.52 bits per heavy atom. The number of hydrogen-bond acceptors (Lipinski definition) is 4. The van der Waals surface area contributed by atoms with Gasteiger partial charge in [0.15, 0.2) is 0 Å². The first-order valence-corrected chi connectivity index (χ1v) is 7.44. The van der Waals surface area contributed by atoms with Crippen LogP contribution in [-0.2, 0) is 0 Å². The average molecular weight is 292 g/mol. The van der Waals surface area contributed by atoms with Gasteiger partial charge in [-0.05, 0) is 45.1 Å². The van der Waals surface area contributed by atoms with Crippen molar-refractivity contribution in [2.24, 2.45) is 5.92 Å². The monoisotopic (exact) mass is 292 g/mol. The second kappa shape index (κ2) is 7.88. The second-order valence-corrected chi connectivity index (χ2v) is 5.92. The minimum atomic E-state index is -0.0765. The third kappa shape index (κ3) is 5.27. The van der Waals surface area contributed by atoms with E-state index in [1.807, 2.05) is 27.1 Å². The van der Waals surface area contributed by atoms with E-state index in [4.69, 9.17) is 5.73 Å². The Bertz CT molecular complexity index is 471. The zero-order valence-corrected chi connectivity index (χ0v) is 13.7. The summed E-state index contributed by atoms with van der Waals surface area (Å²) in [6.07, 6.45) is 0. The first-order valence-electron chi connectivity index (χ1n) is 7.44. The van der Waals surface area contributed by atoms with Crippen molar-refractivity contribution in [3.63, 3.8) is 0 Å². The van der Waals surface area contributed by atoms with Crippen molar-refractivity contribution >= 4 is 17.3 Å². The maximum atomic E-state index is 12.1. The normalized spacial score (nSPS) is 12.5. The highest BCUT2D eigenvalue weighted by Gasteiger charge is 2.18. The predicted octanol–water partition coefficient (Wildman–Crippen LogP) is 2.02. The molecule has 0 aliphatic rings. The Hall–Kier alpha value is -1.75. The smallest absolute Gasteiger partial charge is 0.253 e. The van der Waals surface area contributed by atoms with Gasteiger partial charge in [0.1, 0.15) is 0 Å². The maximum absolute atomic E-state index is 12.1. The molecule has 0 aromatic heterocycles. The summed E-state index contributed by atoms with van der Waals surface area (Å²) in [6, 6.07) is 5.60. The molecule has 0 bridgehead atoms. The highest BCUT2D eigenvalue weighted by molar-refractivity contribution is 6.00. The van der Waals surface area contributed by atoms with Crippen LogP contribution in [-0.4, -0.2) is 44.0 Å². The number of anilines is 2. The van der Waals surface area contributed by atoms with Gasteiger partial charge in [-0.3, -0.25) is 4.79 Å². The molecule has 0 aliphatic heterocycles.